The first-order chi connectivity index (χ1) is 11.4. The summed E-state index contributed by atoms with van der Waals surface area (Å²) in [4.78, 5) is 29.1. The van der Waals surface area contributed by atoms with E-state index in [2.05, 4.69) is 11.6 Å². The molecule has 0 saturated carbocycles. The third-order valence-electron chi connectivity index (χ3n) is 4.22. The monoisotopic (exact) mass is 346 g/mol. The number of rotatable bonds is 4. The summed E-state index contributed by atoms with van der Waals surface area (Å²) in [6.07, 6.45) is 1.96. The number of benzene rings is 1. The molecule has 7 heteroatoms. The summed E-state index contributed by atoms with van der Waals surface area (Å²) in [5.74, 6) is -0.364. The van der Waals surface area contributed by atoms with Gasteiger partial charge in [0.2, 0.25) is 0 Å². The molecule has 0 unspecified atom stereocenters. The van der Waals surface area contributed by atoms with Crippen LogP contribution in [0.1, 0.15) is 16.9 Å². The largest absolute Gasteiger partial charge is 0.330 e. The van der Waals surface area contributed by atoms with Crippen LogP contribution in [0.15, 0.2) is 47.8 Å². The summed E-state index contributed by atoms with van der Waals surface area (Å²) in [5, 5.41) is 1.18. The third-order valence-corrected chi connectivity index (χ3v) is 5.97. The van der Waals surface area contributed by atoms with E-state index in [4.69, 9.17) is 0 Å². The molecule has 1 aliphatic heterocycles. The van der Waals surface area contributed by atoms with Gasteiger partial charge in [-0.2, -0.15) is 0 Å². The SMILES string of the molecule is C=CCN(C(=O)c1cc2ccccc2c(=O)[nH]1)[C@H]1CCS(=O)(=O)C1. The fraction of sp³-hybridized carbons (Fsp3) is 0.294. The van der Waals surface area contributed by atoms with Gasteiger partial charge in [-0.05, 0) is 23.9 Å². The van der Waals surface area contributed by atoms with Crippen molar-refractivity contribution in [1.82, 2.24) is 9.88 Å². The van der Waals surface area contributed by atoms with Crippen LogP contribution < -0.4 is 5.56 Å². The van der Waals surface area contributed by atoms with Crippen molar-refractivity contribution in [2.75, 3.05) is 18.1 Å². The lowest BCUT2D eigenvalue weighted by Crippen LogP contribution is -2.42. The Morgan fingerprint density at radius 3 is 2.79 bits per heavy atom. The predicted octanol–water partition coefficient (Wildman–Crippen LogP) is 1.34. The number of hydrogen-bond acceptors (Lipinski definition) is 4. The number of nitrogens with one attached hydrogen (secondary N) is 1. The zero-order valence-electron chi connectivity index (χ0n) is 13.1. The van der Waals surface area contributed by atoms with E-state index in [1.165, 1.54) is 4.90 Å². The second-order valence-electron chi connectivity index (χ2n) is 5.90. The standard InChI is InChI=1S/C17H18N2O4S/c1-2-8-19(13-7-9-24(22,23)11-13)17(21)15-10-12-5-3-4-6-14(12)16(20)18-15/h2-6,10,13H,1,7-9,11H2,(H,18,20)/t13-/m0/s1. The molecule has 6 nitrogen and oxygen atoms in total. The number of sulfone groups is 1. The maximum absolute atomic E-state index is 12.8. The molecule has 1 N–H and O–H groups in total. The van der Waals surface area contributed by atoms with Crippen LogP contribution >= 0.6 is 0 Å². The number of pyridine rings is 1. The van der Waals surface area contributed by atoms with Gasteiger partial charge in [-0.15, -0.1) is 6.58 Å². The van der Waals surface area contributed by atoms with Gasteiger partial charge in [-0.1, -0.05) is 24.3 Å². The average Bonchev–Trinajstić information content (AvgIpc) is 2.91. The van der Waals surface area contributed by atoms with Gasteiger partial charge in [0.05, 0.1) is 11.5 Å². The first-order valence-corrected chi connectivity index (χ1v) is 9.48. The third kappa shape index (κ3) is 3.12. The van der Waals surface area contributed by atoms with Gasteiger partial charge in [0.1, 0.15) is 5.69 Å². The molecule has 1 atom stereocenters. The van der Waals surface area contributed by atoms with Gasteiger partial charge in [0.15, 0.2) is 9.84 Å². The second-order valence-corrected chi connectivity index (χ2v) is 8.13. The van der Waals surface area contributed by atoms with E-state index in [-0.39, 0.29) is 35.2 Å². The van der Waals surface area contributed by atoms with Gasteiger partial charge in [0, 0.05) is 18.0 Å². The Morgan fingerprint density at radius 1 is 1.38 bits per heavy atom. The van der Waals surface area contributed by atoms with E-state index in [0.29, 0.717) is 17.2 Å². The first kappa shape index (κ1) is 16.4. The summed E-state index contributed by atoms with van der Waals surface area (Å²) < 4.78 is 23.4. The topological polar surface area (TPSA) is 87.3 Å². The zero-order valence-corrected chi connectivity index (χ0v) is 13.9. The highest BCUT2D eigenvalue weighted by Gasteiger charge is 2.34. The van der Waals surface area contributed by atoms with Crippen molar-refractivity contribution in [2.45, 2.75) is 12.5 Å². The number of carbonyl (C=O) groups excluding carboxylic acids is 1. The Kier molecular flexibility index (Phi) is 4.28. The molecule has 24 heavy (non-hydrogen) atoms. The molecule has 0 aliphatic carbocycles. The normalized spacial score (nSPS) is 19.2. The second kappa shape index (κ2) is 6.24. The lowest BCUT2D eigenvalue weighted by atomic mass is 10.1. The number of H-pyrrole nitrogens is 1. The quantitative estimate of drug-likeness (QED) is 0.847. The van der Waals surface area contributed by atoms with Crippen LogP contribution in [-0.2, 0) is 9.84 Å². The number of nitrogens with zero attached hydrogens (tertiary/aromatic N) is 1. The molecule has 0 radical (unpaired) electrons. The Labute approximate surface area is 139 Å². The van der Waals surface area contributed by atoms with Crippen LogP contribution in [0.4, 0.5) is 0 Å². The summed E-state index contributed by atoms with van der Waals surface area (Å²) in [5.41, 5.74) is -0.182. The minimum Gasteiger partial charge on any atom is -0.330 e. The highest BCUT2D eigenvalue weighted by molar-refractivity contribution is 7.91. The molecule has 126 valence electrons. The Hall–Kier alpha value is -2.41. The lowest BCUT2D eigenvalue weighted by Gasteiger charge is -2.27. The molecule has 0 bridgehead atoms. The zero-order chi connectivity index (χ0) is 17.3. The number of hydrogen-bond donors (Lipinski definition) is 1. The molecule has 1 aliphatic rings. The van der Waals surface area contributed by atoms with Crippen molar-refractivity contribution >= 4 is 26.5 Å². The maximum Gasteiger partial charge on any atom is 0.270 e. The molecule has 0 spiro atoms. The van der Waals surface area contributed by atoms with Gasteiger partial charge in [-0.25, -0.2) is 8.42 Å². The van der Waals surface area contributed by atoms with Gasteiger partial charge >= 0.3 is 0 Å². The van der Waals surface area contributed by atoms with Crippen molar-refractivity contribution in [3.05, 3.63) is 59.0 Å². The molecule has 2 heterocycles. The van der Waals surface area contributed by atoms with E-state index in [1.54, 1.807) is 36.4 Å². The lowest BCUT2D eigenvalue weighted by molar-refractivity contribution is 0.0714. The van der Waals surface area contributed by atoms with Crippen LogP contribution in [0.2, 0.25) is 0 Å². The average molecular weight is 346 g/mol. The van der Waals surface area contributed by atoms with E-state index in [0.717, 1.165) is 0 Å². The van der Waals surface area contributed by atoms with Crippen LogP contribution in [0, 0.1) is 0 Å². The number of aromatic nitrogens is 1. The molecule has 3 rings (SSSR count). The molecule has 1 aromatic carbocycles. The molecular weight excluding hydrogens is 328 g/mol. The van der Waals surface area contributed by atoms with E-state index >= 15 is 0 Å². The van der Waals surface area contributed by atoms with E-state index in [1.807, 2.05) is 0 Å². The minimum atomic E-state index is -3.12. The van der Waals surface area contributed by atoms with E-state index in [9.17, 15) is 18.0 Å². The number of carbonyl (C=O) groups is 1. The fourth-order valence-corrected chi connectivity index (χ4v) is 4.77. The highest BCUT2D eigenvalue weighted by Crippen LogP contribution is 2.20. The molecule has 1 fully saturated rings. The van der Waals surface area contributed by atoms with Crippen LogP contribution in [0.3, 0.4) is 0 Å². The summed E-state index contributed by atoms with van der Waals surface area (Å²) >= 11 is 0. The number of aromatic amines is 1. The minimum absolute atomic E-state index is 0.0512. The van der Waals surface area contributed by atoms with Gasteiger partial charge < -0.3 is 9.88 Å². The fourth-order valence-electron chi connectivity index (χ4n) is 3.04. The van der Waals surface area contributed by atoms with Crippen molar-refractivity contribution in [1.29, 1.82) is 0 Å². The molecule has 1 amide bonds. The number of amides is 1. The van der Waals surface area contributed by atoms with Crippen molar-refractivity contribution < 1.29 is 13.2 Å². The van der Waals surface area contributed by atoms with Crippen LogP contribution in [-0.4, -0.2) is 48.3 Å². The first-order valence-electron chi connectivity index (χ1n) is 7.65. The maximum atomic E-state index is 12.8. The summed E-state index contributed by atoms with van der Waals surface area (Å²) in [6, 6.07) is 8.23. The smallest absolute Gasteiger partial charge is 0.270 e. The van der Waals surface area contributed by atoms with Gasteiger partial charge in [-0.3, -0.25) is 9.59 Å². The number of fused-ring (bicyclic) bond motifs is 1. The molecule has 2 aromatic rings. The van der Waals surface area contributed by atoms with Crippen molar-refractivity contribution in [3.63, 3.8) is 0 Å². The van der Waals surface area contributed by atoms with Crippen LogP contribution in [0.5, 0.6) is 0 Å². The molecule has 1 aromatic heterocycles. The summed E-state index contributed by atoms with van der Waals surface area (Å²) in [7, 11) is -3.12. The van der Waals surface area contributed by atoms with Crippen molar-refractivity contribution in [2.24, 2.45) is 0 Å². The van der Waals surface area contributed by atoms with Crippen molar-refractivity contribution in [3.8, 4) is 0 Å². The Balaban J connectivity index is 1.99. The van der Waals surface area contributed by atoms with Gasteiger partial charge in [0.25, 0.3) is 11.5 Å². The molecule has 1 saturated heterocycles. The Bertz CT molecular complexity index is 962. The predicted molar refractivity (Wildman–Crippen MR) is 92.9 cm³/mol. The van der Waals surface area contributed by atoms with Crippen LogP contribution in [0.25, 0.3) is 10.8 Å². The highest BCUT2D eigenvalue weighted by atomic mass is 32.2. The Morgan fingerprint density at radius 2 is 2.12 bits per heavy atom. The summed E-state index contributed by atoms with van der Waals surface area (Å²) in [6.45, 7) is 3.87. The molecular formula is C17H18N2O4S. The van der Waals surface area contributed by atoms with E-state index < -0.39 is 15.9 Å².